The van der Waals surface area contributed by atoms with Gasteiger partial charge < -0.3 is 4.74 Å². The van der Waals surface area contributed by atoms with Crippen molar-refractivity contribution in [3.05, 3.63) is 61.0 Å². The molecule has 1 nitrogen and oxygen atoms in total. The fourth-order valence-electron chi connectivity index (χ4n) is 2.07. The van der Waals surface area contributed by atoms with Crippen LogP contribution in [0.3, 0.4) is 0 Å². The molecular formula is C15H12Br3ClO. The molecular weight excluding hydrogens is 471 g/mol. The highest BCUT2D eigenvalue weighted by molar-refractivity contribution is 9.11. The lowest BCUT2D eigenvalue weighted by Crippen LogP contribution is -2.00. The van der Waals surface area contributed by atoms with Crippen LogP contribution in [-0.4, -0.2) is 7.11 Å². The van der Waals surface area contributed by atoms with Crippen molar-refractivity contribution in [2.24, 2.45) is 0 Å². The van der Waals surface area contributed by atoms with Crippen LogP contribution in [0.5, 0.6) is 5.75 Å². The van der Waals surface area contributed by atoms with Crippen molar-refractivity contribution in [2.75, 3.05) is 7.11 Å². The number of aryl methyl sites for hydroxylation is 1. The van der Waals surface area contributed by atoms with Crippen LogP contribution in [0.4, 0.5) is 0 Å². The third-order valence-corrected chi connectivity index (χ3v) is 5.31. The molecule has 2 aromatic carbocycles. The molecule has 0 heterocycles. The monoisotopic (exact) mass is 480 g/mol. The average molecular weight is 483 g/mol. The summed E-state index contributed by atoms with van der Waals surface area (Å²) < 4.78 is 7.41. The van der Waals surface area contributed by atoms with Crippen LogP contribution in [0, 0.1) is 6.92 Å². The van der Waals surface area contributed by atoms with Gasteiger partial charge in [0.25, 0.3) is 0 Å². The Bertz CT molecular complexity index is 643. The first-order valence-electron chi connectivity index (χ1n) is 5.87. The quantitative estimate of drug-likeness (QED) is 0.444. The maximum Gasteiger partial charge on any atom is 0.137 e. The second-order valence-corrected chi connectivity index (χ2v) is 7.50. The van der Waals surface area contributed by atoms with Crippen molar-refractivity contribution in [3.8, 4) is 5.75 Å². The van der Waals surface area contributed by atoms with Gasteiger partial charge in [0.1, 0.15) is 5.75 Å². The SMILES string of the molecule is COc1c(Br)cc(Cl)cc1C(Br)c1ccc(Br)cc1C. The molecule has 0 saturated carbocycles. The van der Waals surface area contributed by atoms with Crippen molar-refractivity contribution in [2.45, 2.75) is 11.8 Å². The molecule has 0 spiro atoms. The van der Waals surface area contributed by atoms with E-state index < -0.39 is 0 Å². The first kappa shape index (κ1) is 16.3. The molecule has 0 aromatic heterocycles. The molecule has 0 aliphatic rings. The van der Waals surface area contributed by atoms with Crippen LogP contribution in [0.2, 0.25) is 5.02 Å². The van der Waals surface area contributed by atoms with Gasteiger partial charge in [-0.2, -0.15) is 0 Å². The van der Waals surface area contributed by atoms with Crippen LogP contribution >= 0.6 is 59.4 Å². The molecule has 0 aliphatic carbocycles. The van der Waals surface area contributed by atoms with Gasteiger partial charge in [0.15, 0.2) is 0 Å². The third kappa shape index (κ3) is 3.41. The molecule has 1 unspecified atom stereocenters. The summed E-state index contributed by atoms with van der Waals surface area (Å²) in [5, 5.41) is 0.673. The predicted molar refractivity (Wildman–Crippen MR) is 95.4 cm³/mol. The minimum Gasteiger partial charge on any atom is -0.495 e. The fourth-order valence-corrected chi connectivity index (χ4v) is 4.40. The standard InChI is InChI=1S/C15H12Br3ClO/c1-8-5-9(16)3-4-11(8)14(18)12-6-10(19)7-13(17)15(12)20-2/h3-7,14H,1-2H3. The number of benzene rings is 2. The van der Waals surface area contributed by atoms with Crippen LogP contribution in [0.15, 0.2) is 39.3 Å². The average Bonchev–Trinajstić information content (AvgIpc) is 2.37. The number of methoxy groups -OCH3 is 1. The molecule has 0 saturated heterocycles. The Kier molecular flexibility index (Phi) is 5.57. The zero-order valence-electron chi connectivity index (χ0n) is 10.9. The van der Waals surface area contributed by atoms with E-state index in [1.807, 2.05) is 18.2 Å². The van der Waals surface area contributed by atoms with Gasteiger partial charge in [0.2, 0.25) is 0 Å². The van der Waals surface area contributed by atoms with Gasteiger partial charge in [-0.1, -0.05) is 49.5 Å². The summed E-state index contributed by atoms with van der Waals surface area (Å²) in [5.74, 6) is 0.790. The topological polar surface area (TPSA) is 9.23 Å². The highest BCUT2D eigenvalue weighted by Gasteiger charge is 2.20. The van der Waals surface area contributed by atoms with Gasteiger partial charge in [-0.05, 0) is 58.2 Å². The van der Waals surface area contributed by atoms with Crippen molar-refractivity contribution in [1.82, 2.24) is 0 Å². The normalized spacial score (nSPS) is 12.3. The molecule has 20 heavy (non-hydrogen) atoms. The Balaban J connectivity index is 2.55. The molecule has 5 heteroatoms. The molecule has 2 rings (SSSR count). The van der Waals surface area contributed by atoms with E-state index in [0.717, 1.165) is 20.3 Å². The number of rotatable bonds is 3. The van der Waals surface area contributed by atoms with E-state index in [4.69, 9.17) is 16.3 Å². The van der Waals surface area contributed by atoms with Gasteiger partial charge >= 0.3 is 0 Å². The number of hydrogen-bond donors (Lipinski definition) is 0. The van der Waals surface area contributed by atoms with Crippen LogP contribution < -0.4 is 4.74 Å². The Labute approximate surface area is 149 Å². The number of halogens is 4. The van der Waals surface area contributed by atoms with Gasteiger partial charge in [0, 0.05) is 15.1 Å². The summed E-state index contributed by atoms with van der Waals surface area (Å²) >= 11 is 16.9. The lowest BCUT2D eigenvalue weighted by Gasteiger charge is -2.18. The fraction of sp³-hybridized carbons (Fsp3) is 0.200. The largest absolute Gasteiger partial charge is 0.495 e. The van der Waals surface area contributed by atoms with Gasteiger partial charge in [0.05, 0.1) is 16.4 Å². The predicted octanol–water partition coefficient (Wildman–Crippen LogP) is 6.67. The van der Waals surface area contributed by atoms with E-state index in [9.17, 15) is 0 Å². The molecule has 106 valence electrons. The Morgan fingerprint density at radius 1 is 1.10 bits per heavy atom. The highest BCUT2D eigenvalue weighted by atomic mass is 79.9. The summed E-state index contributed by atoms with van der Waals surface area (Å²) in [6.45, 7) is 2.08. The second-order valence-electron chi connectivity index (χ2n) is 4.37. The molecule has 0 bridgehead atoms. The Morgan fingerprint density at radius 2 is 1.80 bits per heavy atom. The minimum absolute atomic E-state index is 0.0144. The molecule has 0 amide bonds. The summed E-state index contributed by atoms with van der Waals surface area (Å²) in [7, 11) is 1.66. The molecule has 0 aliphatic heterocycles. The zero-order chi connectivity index (χ0) is 14.9. The first-order valence-corrected chi connectivity index (χ1v) is 8.75. The van der Waals surface area contributed by atoms with Crippen molar-refractivity contribution < 1.29 is 4.74 Å². The van der Waals surface area contributed by atoms with E-state index in [-0.39, 0.29) is 4.83 Å². The minimum atomic E-state index is 0.0144. The third-order valence-electron chi connectivity index (χ3n) is 3.02. The van der Waals surface area contributed by atoms with E-state index in [0.29, 0.717) is 5.02 Å². The van der Waals surface area contributed by atoms with Crippen molar-refractivity contribution in [1.29, 1.82) is 0 Å². The molecule has 0 fully saturated rings. The lowest BCUT2D eigenvalue weighted by atomic mass is 10.00. The maximum atomic E-state index is 6.16. The summed E-state index contributed by atoms with van der Waals surface area (Å²) in [4.78, 5) is 0.0144. The van der Waals surface area contributed by atoms with Crippen molar-refractivity contribution >= 4 is 59.4 Å². The molecule has 0 N–H and O–H groups in total. The Morgan fingerprint density at radius 3 is 2.40 bits per heavy atom. The molecule has 2 aromatic rings. The van der Waals surface area contributed by atoms with Gasteiger partial charge in [-0.25, -0.2) is 0 Å². The van der Waals surface area contributed by atoms with Gasteiger partial charge in [-0.15, -0.1) is 0 Å². The summed E-state index contributed by atoms with van der Waals surface area (Å²) in [5.41, 5.74) is 3.37. The highest BCUT2D eigenvalue weighted by Crippen LogP contribution is 2.43. The van der Waals surface area contributed by atoms with Crippen molar-refractivity contribution in [3.63, 3.8) is 0 Å². The Hall–Kier alpha value is -0.0300. The number of alkyl halides is 1. The number of hydrogen-bond acceptors (Lipinski definition) is 1. The summed E-state index contributed by atoms with van der Waals surface area (Å²) in [6, 6.07) is 9.97. The van der Waals surface area contributed by atoms with E-state index in [2.05, 4.69) is 66.8 Å². The van der Waals surface area contributed by atoms with Gasteiger partial charge in [-0.3, -0.25) is 0 Å². The first-order chi connectivity index (χ1) is 9.43. The van der Waals surface area contributed by atoms with Crippen LogP contribution in [0.1, 0.15) is 21.5 Å². The number of ether oxygens (including phenoxy) is 1. The lowest BCUT2D eigenvalue weighted by molar-refractivity contribution is 0.408. The summed E-state index contributed by atoms with van der Waals surface area (Å²) in [6.07, 6.45) is 0. The van der Waals surface area contributed by atoms with Crippen LogP contribution in [0.25, 0.3) is 0 Å². The van der Waals surface area contributed by atoms with E-state index in [1.54, 1.807) is 7.11 Å². The maximum absolute atomic E-state index is 6.16. The van der Waals surface area contributed by atoms with Crippen LogP contribution in [-0.2, 0) is 0 Å². The molecule has 1 atom stereocenters. The van der Waals surface area contributed by atoms with E-state index in [1.165, 1.54) is 11.1 Å². The zero-order valence-corrected chi connectivity index (χ0v) is 16.4. The molecule has 0 radical (unpaired) electrons. The van der Waals surface area contributed by atoms with E-state index >= 15 is 0 Å². The smallest absolute Gasteiger partial charge is 0.137 e. The second kappa shape index (κ2) is 6.82.